The number of benzene rings is 3. The molecule has 2 aliphatic heterocycles. The Morgan fingerprint density at radius 1 is 0.933 bits per heavy atom. The number of fused-ring (bicyclic) bond motifs is 1. The van der Waals surface area contributed by atoms with Gasteiger partial charge in [-0.15, -0.1) is 0 Å². The van der Waals surface area contributed by atoms with Gasteiger partial charge in [-0.25, -0.2) is 4.79 Å². The minimum atomic E-state index is -1.90. The van der Waals surface area contributed by atoms with E-state index in [0.29, 0.717) is 45.2 Å². The highest BCUT2D eigenvalue weighted by atomic mass is 35.5. The third-order valence-electron chi connectivity index (χ3n) is 5.28. The van der Waals surface area contributed by atoms with Gasteiger partial charge in [-0.1, -0.05) is 60.1 Å². The lowest BCUT2D eigenvalue weighted by Crippen LogP contribution is -2.29. The number of esters is 1. The van der Waals surface area contributed by atoms with E-state index in [1.165, 1.54) is 0 Å². The maximum atomic E-state index is 13.0. The Kier molecular flexibility index (Phi) is 4.50. The topological polar surface area (TPSA) is 65.0 Å². The van der Waals surface area contributed by atoms with E-state index in [2.05, 4.69) is 0 Å². The summed E-state index contributed by atoms with van der Waals surface area (Å²) in [6.07, 6.45) is 0.329. The SMILES string of the molecule is O=C1O[C@](O)(c2ccc(Cl)cc2)C(Cc2ccccc2)=C1c1ccc2c(c1)OCO2. The molecule has 0 fully saturated rings. The zero-order valence-electron chi connectivity index (χ0n) is 15.8. The maximum absolute atomic E-state index is 13.0. The zero-order chi connectivity index (χ0) is 20.7. The standard InChI is InChI=1S/C24H17ClO5/c25-18-9-7-17(8-10-18)24(27)19(12-15-4-2-1-3-5-15)22(23(26)30-24)16-6-11-20-21(13-16)29-14-28-20/h1-11,13,27H,12,14H2/t24-/m1/s1. The second kappa shape index (κ2) is 7.20. The van der Waals surface area contributed by atoms with Crippen LogP contribution >= 0.6 is 11.6 Å². The number of hydrogen-bond acceptors (Lipinski definition) is 5. The molecule has 1 N–H and O–H groups in total. The van der Waals surface area contributed by atoms with Crippen molar-refractivity contribution in [1.29, 1.82) is 0 Å². The average molecular weight is 421 g/mol. The predicted molar refractivity (Wildman–Crippen MR) is 111 cm³/mol. The number of hydrogen-bond donors (Lipinski definition) is 1. The minimum Gasteiger partial charge on any atom is -0.454 e. The molecule has 2 aliphatic rings. The van der Waals surface area contributed by atoms with Crippen molar-refractivity contribution in [2.75, 3.05) is 6.79 Å². The van der Waals surface area contributed by atoms with E-state index in [4.69, 9.17) is 25.8 Å². The molecule has 0 radical (unpaired) electrons. The molecule has 0 aliphatic carbocycles. The predicted octanol–water partition coefficient (Wildman–Crippen LogP) is 4.47. The lowest BCUT2D eigenvalue weighted by Gasteiger charge is -2.25. The second-order valence-electron chi connectivity index (χ2n) is 7.12. The summed E-state index contributed by atoms with van der Waals surface area (Å²) in [4.78, 5) is 13.0. The lowest BCUT2D eigenvalue weighted by molar-refractivity contribution is -0.185. The van der Waals surface area contributed by atoms with Gasteiger partial charge in [-0.3, -0.25) is 0 Å². The van der Waals surface area contributed by atoms with Crippen molar-refractivity contribution in [2.45, 2.75) is 12.2 Å². The Morgan fingerprint density at radius 3 is 2.43 bits per heavy atom. The van der Waals surface area contributed by atoms with Crippen LogP contribution < -0.4 is 9.47 Å². The highest BCUT2D eigenvalue weighted by molar-refractivity contribution is 6.30. The molecule has 0 saturated carbocycles. The van der Waals surface area contributed by atoms with Gasteiger partial charge in [0.15, 0.2) is 11.5 Å². The van der Waals surface area contributed by atoms with Gasteiger partial charge < -0.3 is 19.3 Å². The summed E-state index contributed by atoms with van der Waals surface area (Å²) in [5.41, 5.74) is 2.74. The van der Waals surface area contributed by atoms with E-state index < -0.39 is 11.8 Å². The van der Waals surface area contributed by atoms with E-state index in [-0.39, 0.29) is 6.79 Å². The number of cyclic esters (lactones) is 1. The van der Waals surface area contributed by atoms with E-state index in [1.54, 1.807) is 42.5 Å². The zero-order valence-corrected chi connectivity index (χ0v) is 16.6. The molecule has 3 aromatic carbocycles. The van der Waals surface area contributed by atoms with Gasteiger partial charge in [-0.05, 0) is 35.4 Å². The molecule has 150 valence electrons. The first-order chi connectivity index (χ1) is 14.5. The van der Waals surface area contributed by atoms with E-state index >= 15 is 0 Å². The third kappa shape index (κ3) is 3.12. The summed E-state index contributed by atoms with van der Waals surface area (Å²) < 4.78 is 16.4. The largest absolute Gasteiger partial charge is 0.454 e. The van der Waals surface area contributed by atoms with Crippen LogP contribution in [-0.4, -0.2) is 17.9 Å². The molecule has 3 aromatic rings. The van der Waals surface area contributed by atoms with Crippen molar-refractivity contribution in [2.24, 2.45) is 0 Å². The Bertz CT molecular complexity index is 1150. The highest BCUT2D eigenvalue weighted by Gasteiger charge is 2.48. The summed E-state index contributed by atoms with van der Waals surface area (Å²) in [5.74, 6) is -1.34. The molecule has 0 amide bonds. The van der Waals surface area contributed by atoms with Crippen molar-refractivity contribution in [3.63, 3.8) is 0 Å². The summed E-state index contributed by atoms with van der Waals surface area (Å²) in [6.45, 7) is 0.133. The van der Waals surface area contributed by atoms with E-state index in [1.807, 2.05) is 30.3 Å². The van der Waals surface area contributed by atoms with Crippen LogP contribution in [0.5, 0.6) is 11.5 Å². The fraction of sp³-hybridized carbons (Fsp3) is 0.125. The number of ether oxygens (including phenoxy) is 3. The Morgan fingerprint density at radius 2 is 1.67 bits per heavy atom. The molecule has 30 heavy (non-hydrogen) atoms. The van der Waals surface area contributed by atoms with Crippen molar-refractivity contribution in [1.82, 2.24) is 0 Å². The third-order valence-corrected chi connectivity index (χ3v) is 5.53. The van der Waals surface area contributed by atoms with Crippen molar-refractivity contribution in [3.05, 3.63) is 100 Å². The fourth-order valence-electron chi connectivity index (χ4n) is 3.80. The van der Waals surface area contributed by atoms with Gasteiger partial charge in [0.25, 0.3) is 5.79 Å². The van der Waals surface area contributed by atoms with Crippen molar-refractivity contribution >= 4 is 23.1 Å². The smallest absolute Gasteiger partial charge is 0.342 e. The molecular weight excluding hydrogens is 404 g/mol. The van der Waals surface area contributed by atoms with Crippen LogP contribution in [0.4, 0.5) is 0 Å². The number of aliphatic hydroxyl groups is 1. The Hall–Kier alpha value is -3.28. The molecule has 5 nitrogen and oxygen atoms in total. The van der Waals surface area contributed by atoms with Crippen LogP contribution in [-0.2, 0) is 21.7 Å². The molecule has 0 spiro atoms. The molecule has 6 heteroatoms. The first-order valence-electron chi connectivity index (χ1n) is 9.44. The van der Waals surface area contributed by atoms with Gasteiger partial charge in [-0.2, -0.15) is 0 Å². The first-order valence-corrected chi connectivity index (χ1v) is 9.82. The number of rotatable bonds is 4. The van der Waals surface area contributed by atoms with Gasteiger partial charge in [0.05, 0.1) is 5.57 Å². The molecular formula is C24H17ClO5. The van der Waals surface area contributed by atoms with Gasteiger partial charge in [0.1, 0.15) is 0 Å². The van der Waals surface area contributed by atoms with E-state index in [0.717, 1.165) is 5.56 Å². The van der Waals surface area contributed by atoms with Crippen LogP contribution in [0.3, 0.4) is 0 Å². The number of carbonyl (C=O) groups is 1. The van der Waals surface area contributed by atoms with Gasteiger partial charge >= 0.3 is 5.97 Å². The van der Waals surface area contributed by atoms with E-state index in [9.17, 15) is 9.90 Å². The van der Waals surface area contributed by atoms with Crippen LogP contribution in [0.15, 0.2) is 78.4 Å². The molecule has 0 saturated heterocycles. The maximum Gasteiger partial charge on any atom is 0.342 e. The molecule has 2 heterocycles. The Labute approximate surface area is 178 Å². The number of carbonyl (C=O) groups excluding carboxylic acids is 1. The second-order valence-corrected chi connectivity index (χ2v) is 7.56. The molecule has 0 aromatic heterocycles. The summed E-state index contributed by atoms with van der Waals surface area (Å²) in [6, 6.07) is 21.5. The lowest BCUT2D eigenvalue weighted by atomic mass is 9.88. The highest BCUT2D eigenvalue weighted by Crippen LogP contribution is 2.46. The molecule has 5 rings (SSSR count). The van der Waals surface area contributed by atoms with Gasteiger partial charge in [0.2, 0.25) is 6.79 Å². The van der Waals surface area contributed by atoms with Gasteiger partial charge in [0, 0.05) is 22.6 Å². The summed E-state index contributed by atoms with van der Waals surface area (Å²) >= 11 is 6.01. The average Bonchev–Trinajstić information content (AvgIpc) is 3.31. The summed E-state index contributed by atoms with van der Waals surface area (Å²) in [5, 5.41) is 12.1. The van der Waals surface area contributed by atoms with Crippen LogP contribution in [0.25, 0.3) is 5.57 Å². The van der Waals surface area contributed by atoms with Crippen LogP contribution in [0, 0.1) is 0 Å². The van der Waals surface area contributed by atoms with Crippen LogP contribution in [0.1, 0.15) is 16.7 Å². The Balaban J connectivity index is 1.68. The molecule has 0 unspecified atom stereocenters. The number of halogens is 1. The molecule has 0 bridgehead atoms. The van der Waals surface area contributed by atoms with Crippen LogP contribution in [0.2, 0.25) is 5.02 Å². The summed E-state index contributed by atoms with van der Waals surface area (Å²) in [7, 11) is 0. The first kappa shape index (κ1) is 18.7. The monoisotopic (exact) mass is 420 g/mol. The quantitative estimate of drug-likeness (QED) is 0.631. The van der Waals surface area contributed by atoms with Crippen molar-refractivity contribution < 1.29 is 24.1 Å². The fourth-order valence-corrected chi connectivity index (χ4v) is 3.93. The van der Waals surface area contributed by atoms with Crippen molar-refractivity contribution in [3.8, 4) is 11.5 Å². The minimum absolute atomic E-state index is 0.133. The molecule has 1 atom stereocenters. The normalized spacial score (nSPS) is 19.9.